The number of hydrazone groups is 1. The van der Waals surface area contributed by atoms with Gasteiger partial charge in [-0.15, -0.1) is 0 Å². The van der Waals surface area contributed by atoms with E-state index in [4.69, 9.17) is 0 Å². The van der Waals surface area contributed by atoms with Gasteiger partial charge in [-0.05, 0) is 13.8 Å². The Morgan fingerprint density at radius 3 is 1.78 bits per heavy atom. The second-order valence-corrected chi connectivity index (χ2v) is 1.42. The lowest BCUT2D eigenvalue weighted by molar-refractivity contribution is 0.632. The summed E-state index contributed by atoms with van der Waals surface area (Å²) in [6.45, 7) is 7.84. The van der Waals surface area contributed by atoms with Crippen LogP contribution in [0.5, 0.6) is 0 Å². The standard InChI is InChI=1S/C4H11N3.C2H6/c1-4(2)6-7-5-3;1-2/h5,7H,1-3H3;1-2H3. The normalized spacial score (nSPS) is 6.78. The molecule has 3 heteroatoms. The second kappa shape index (κ2) is 10.4. The third kappa shape index (κ3) is 18.6. The van der Waals surface area contributed by atoms with Crippen molar-refractivity contribution in [3.8, 4) is 0 Å². The van der Waals surface area contributed by atoms with E-state index in [9.17, 15) is 0 Å². The summed E-state index contributed by atoms with van der Waals surface area (Å²) in [5.41, 5.74) is 6.26. The van der Waals surface area contributed by atoms with Crippen molar-refractivity contribution < 1.29 is 0 Å². The molecule has 0 unspecified atom stereocenters. The minimum Gasteiger partial charge on any atom is -0.243 e. The molecule has 3 nitrogen and oxygen atoms in total. The van der Waals surface area contributed by atoms with Crippen LogP contribution < -0.4 is 11.0 Å². The molecular weight excluding hydrogens is 114 g/mol. The van der Waals surface area contributed by atoms with Gasteiger partial charge in [-0.1, -0.05) is 13.8 Å². The van der Waals surface area contributed by atoms with Gasteiger partial charge < -0.3 is 0 Å². The Morgan fingerprint density at radius 2 is 1.67 bits per heavy atom. The molecule has 56 valence electrons. The first kappa shape index (κ1) is 11.3. The molecule has 0 spiro atoms. The van der Waals surface area contributed by atoms with Crippen LogP contribution in [0.15, 0.2) is 5.10 Å². The summed E-state index contributed by atoms with van der Waals surface area (Å²) >= 11 is 0. The maximum atomic E-state index is 3.80. The van der Waals surface area contributed by atoms with Crippen molar-refractivity contribution in [2.75, 3.05) is 7.05 Å². The van der Waals surface area contributed by atoms with Crippen LogP contribution in [0.3, 0.4) is 0 Å². The molecule has 0 aromatic heterocycles. The Kier molecular flexibility index (Phi) is 13.0. The number of hydrazine groups is 1. The summed E-state index contributed by atoms with van der Waals surface area (Å²) in [7, 11) is 1.77. The van der Waals surface area contributed by atoms with Crippen molar-refractivity contribution in [3.63, 3.8) is 0 Å². The van der Waals surface area contributed by atoms with E-state index in [1.54, 1.807) is 7.05 Å². The van der Waals surface area contributed by atoms with Gasteiger partial charge in [0.25, 0.3) is 0 Å². The summed E-state index contributed by atoms with van der Waals surface area (Å²) < 4.78 is 0. The molecule has 0 aromatic carbocycles. The van der Waals surface area contributed by atoms with Crippen LogP contribution in [0, 0.1) is 0 Å². The van der Waals surface area contributed by atoms with E-state index in [1.165, 1.54) is 0 Å². The lowest BCUT2D eigenvalue weighted by Crippen LogP contribution is -2.22. The molecule has 0 rings (SSSR count). The van der Waals surface area contributed by atoms with Crippen LogP contribution in [-0.2, 0) is 0 Å². The highest BCUT2D eigenvalue weighted by Gasteiger charge is 1.69. The van der Waals surface area contributed by atoms with E-state index >= 15 is 0 Å². The molecule has 0 aliphatic rings. The van der Waals surface area contributed by atoms with E-state index in [-0.39, 0.29) is 0 Å². The monoisotopic (exact) mass is 131 g/mol. The van der Waals surface area contributed by atoms with Crippen LogP contribution in [0.25, 0.3) is 0 Å². The van der Waals surface area contributed by atoms with Gasteiger partial charge in [0.1, 0.15) is 0 Å². The van der Waals surface area contributed by atoms with Crippen molar-refractivity contribution in [2.45, 2.75) is 27.7 Å². The number of nitrogens with one attached hydrogen (secondary N) is 2. The molecule has 0 aromatic rings. The van der Waals surface area contributed by atoms with Crippen LogP contribution in [-0.4, -0.2) is 12.8 Å². The second-order valence-electron chi connectivity index (χ2n) is 1.42. The largest absolute Gasteiger partial charge is 0.243 e. The maximum absolute atomic E-state index is 3.80. The highest BCUT2D eigenvalue weighted by Crippen LogP contribution is 1.63. The molecule has 0 fully saturated rings. The summed E-state index contributed by atoms with van der Waals surface area (Å²) in [5.74, 6) is 0. The molecule has 9 heavy (non-hydrogen) atoms. The minimum absolute atomic E-state index is 1.01. The van der Waals surface area contributed by atoms with Gasteiger partial charge in [-0.3, -0.25) is 0 Å². The lowest BCUT2D eigenvalue weighted by atomic mass is 10.5. The molecule has 0 saturated carbocycles. The zero-order valence-corrected chi connectivity index (χ0v) is 6.95. The van der Waals surface area contributed by atoms with Crippen LogP contribution >= 0.6 is 0 Å². The van der Waals surface area contributed by atoms with Gasteiger partial charge in [-0.25, -0.2) is 11.0 Å². The Balaban J connectivity index is 0. The summed E-state index contributed by atoms with van der Waals surface area (Å²) in [6.07, 6.45) is 0. The topological polar surface area (TPSA) is 36.4 Å². The number of hydrogen-bond donors (Lipinski definition) is 2. The van der Waals surface area contributed by atoms with E-state index in [2.05, 4.69) is 16.1 Å². The molecule has 0 atom stereocenters. The SMILES string of the molecule is CC.CNNN=C(C)C. The van der Waals surface area contributed by atoms with Crippen molar-refractivity contribution in [1.29, 1.82) is 0 Å². The van der Waals surface area contributed by atoms with Gasteiger partial charge in [0.05, 0.1) is 0 Å². The summed E-state index contributed by atoms with van der Waals surface area (Å²) in [6, 6.07) is 0. The Bertz CT molecular complexity index is 64.7. The molecule has 2 N–H and O–H groups in total. The fourth-order valence-corrected chi connectivity index (χ4v) is 0.168. The minimum atomic E-state index is 1.01. The van der Waals surface area contributed by atoms with Crippen molar-refractivity contribution in [2.24, 2.45) is 5.10 Å². The first-order valence-electron chi connectivity index (χ1n) is 3.20. The molecule has 0 bridgehead atoms. The van der Waals surface area contributed by atoms with Gasteiger partial charge in [0, 0.05) is 12.8 Å². The molecule has 0 heterocycles. The number of rotatable bonds is 2. The van der Waals surface area contributed by atoms with Crippen molar-refractivity contribution >= 4 is 5.71 Å². The summed E-state index contributed by atoms with van der Waals surface area (Å²) in [4.78, 5) is 0. The average Bonchev–Trinajstić information content (AvgIpc) is 1.88. The van der Waals surface area contributed by atoms with E-state index in [1.807, 2.05) is 27.7 Å². The van der Waals surface area contributed by atoms with Crippen LogP contribution in [0.2, 0.25) is 0 Å². The van der Waals surface area contributed by atoms with Gasteiger partial charge in [0.15, 0.2) is 0 Å². The van der Waals surface area contributed by atoms with Gasteiger partial charge in [0.2, 0.25) is 0 Å². The fourth-order valence-electron chi connectivity index (χ4n) is 0.168. The first-order chi connectivity index (χ1) is 4.27. The summed E-state index contributed by atoms with van der Waals surface area (Å²) in [5, 5.41) is 3.80. The smallest absolute Gasteiger partial charge is 0.0332 e. The number of hydrogen-bond acceptors (Lipinski definition) is 3. The molecule has 0 aliphatic heterocycles. The number of nitrogens with zero attached hydrogens (tertiary/aromatic N) is 1. The van der Waals surface area contributed by atoms with Crippen LogP contribution in [0.1, 0.15) is 27.7 Å². The Hall–Kier alpha value is -0.570. The third-order valence-electron chi connectivity index (χ3n) is 0.391. The zero-order valence-electron chi connectivity index (χ0n) is 6.95. The molecule has 0 aliphatic carbocycles. The zero-order chi connectivity index (χ0) is 7.70. The predicted molar refractivity (Wildman–Crippen MR) is 42.3 cm³/mol. The van der Waals surface area contributed by atoms with Crippen molar-refractivity contribution in [3.05, 3.63) is 0 Å². The van der Waals surface area contributed by atoms with E-state index in [0.717, 1.165) is 5.71 Å². The van der Waals surface area contributed by atoms with Gasteiger partial charge in [-0.2, -0.15) is 5.10 Å². The quantitative estimate of drug-likeness (QED) is 0.435. The molecular formula is C6H17N3. The lowest BCUT2D eigenvalue weighted by Gasteiger charge is -1.92. The molecule has 0 saturated heterocycles. The average molecular weight is 131 g/mol. The highest BCUT2D eigenvalue weighted by molar-refractivity contribution is 5.78. The van der Waals surface area contributed by atoms with E-state index in [0.29, 0.717) is 0 Å². The van der Waals surface area contributed by atoms with Gasteiger partial charge >= 0.3 is 0 Å². The maximum Gasteiger partial charge on any atom is 0.0332 e. The predicted octanol–water partition coefficient (Wildman–Crippen LogP) is 1.13. The van der Waals surface area contributed by atoms with Crippen molar-refractivity contribution in [1.82, 2.24) is 11.0 Å². The Morgan fingerprint density at radius 1 is 1.22 bits per heavy atom. The third-order valence-corrected chi connectivity index (χ3v) is 0.391. The first-order valence-corrected chi connectivity index (χ1v) is 3.20. The highest BCUT2D eigenvalue weighted by atomic mass is 15.5. The fraction of sp³-hybridized carbons (Fsp3) is 0.833. The molecule has 0 radical (unpaired) electrons. The van der Waals surface area contributed by atoms with E-state index < -0.39 is 0 Å². The molecule has 0 amide bonds. The Labute approximate surface area is 57.5 Å². The van der Waals surface area contributed by atoms with Crippen LogP contribution in [0.4, 0.5) is 0 Å².